The lowest BCUT2D eigenvalue weighted by molar-refractivity contribution is -0.118. The predicted octanol–water partition coefficient (Wildman–Crippen LogP) is 4.77. The van der Waals surface area contributed by atoms with Gasteiger partial charge in [0.25, 0.3) is 0 Å². The average molecular weight is 351 g/mol. The number of amides is 1. The highest BCUT2D eigenvalue weighted by Gasteiger charge is 2.51. The van der Waals surface area contributed by atoms with Crippen molar-refractivity contribution >= 4 is 39.1 Å². The van der Waals surface area contributed by atoms with Gasteiger partial charge in [0.2, 0.25) is 5.91 Å². The molecule has 1 saturated carbocycles. The molecule has 102 valence electrons. The quantitative estimate of drug-likeness (QED) is 0.848. The maximum Gasteiger partial charge on any atom is 0.235 e. The maximum atomic E-state index is 12.5. The highest BCUT2D eigenvalue weighted by molar-refractivity contribution is 9.10. The van der Waals surface area contributed by atoms with E-state index in [0.29, 0.717) is 5.02 Å². The lowest BCUT2D eigenvalue weighted by Crippen LogP contribution is -2.27. The van der Waals surface area contributed by atoms with Crippen LogP contribution in [0.1, 0.15) is 18.4 Å². The van der Waals surface area contributed by atoms with Crippen LogP contribution in [0.25, 0.3) is 0 Å². The zero-order chi connectivity index (χ0) is 14.2. The molecular weight excluding hydrogens is 338 g/mol. The Labute approximate surface area is 131 Å². The van der Waals surface area contributed by atoms with Crippen molar-refractivity contribution in [2.75, 3.05) is 5.32 Å². The molecule has 4 heteroatoms. The summed E-state index contributed by atoms with van der Waals surface area (Å²) in [5, 5.41) is 3.56. The number of carbonyl (C=O) groups excluding carboxylic acids is 1. The first-order valence-electron chi connectivity index (χ1n) is 6.44. The molecule has 2 nitrogen and oxygen atoms in total. The van der Waals surface area contributed by atoms with Crippen molar-refractivity contribution in [1.82, 2.24) is 0 Å². The summed E-state index contributed by atoms with van der Waals surface area (Å²) in [6, 6.07) is 15.4. The van der Waals surface area contributed by atoms with Gasteiger partial charge in [-0.05, 0) is 52.5 Å². The highest BCUT2D eigenvalue weighted by Crippen LogP contribution is 2.49. The Morgan fingerprint density at radius 1 is 1.15 bits per heavy atom. The summed E-state index contributed by atoms with van der Waals surface area (Å²) in [6.45, 7) is 0. The Morgan fingerprint density at radius 2 is 1.85 bits per heavy atom. The highest BCUT2D eigenvalue weighted by atomic mass is 79.9. The van der Waals surface area contributed by atoms with Crippen LogP contribution >= 0.6 is 27.5 Å². The van der Waals surface area contributed by atoms with Gasteiger partial charge in [-0.15, -0.1) is 0 Å². The molecule has 1 amide bonds. The van der Waals surface area contributed by atoms with Crippen LogP contribution in [0.3, 0.4) is 0 Å². The second-order valence-corrected chi connectivity index (χ2v) is 6.29. The fourth-order valence-electron chi connectivity index (χ4n) is 2.35. The van der Waals surface area contributed by atoms with E-state index in [-0.39, 0.29) is 11.3 Å². The molecule has 0 atom stereocenters. The van der Waals surface area contributed by atoms with Gasteiger partial charge in [0, 0.05) is 10.2 Å². The van der Waals surface area contributed by atoms with E-state index in [0.717, 1.165) is 28.6 Å². The molecule has 1 aliphatic rings. The molecule has 0 spiro atoms. The summed E-state index contributed by atoms with van der Waals surface area (Å²) in [5.74, 6) is 0.0436. The van der Waals surface area contributed by atoms with E-state index in [2.05, 4.69) is 21.2 Å². The van der Waals surface area contributed by atoms with Gasteiger partial charge >= 0.3 is 0 Å². The molecule has 0 bridgehead atoms. The monoisotopic (exact) mass is 349 g/mol. The Bertz CT molecular complexity index is 653. The summed E-state index contributed by atoms with van der Waals surface area (Å²) < 4.78 is 0.821. The minimum atomic E-state index is -0.360. The number of halogens is 2. The van der Waals surface area contributed by atoms with Crippen molar-refractivity contribution in [3.8, 4) is 0 Å². The lowest BCUT2D eigenvalue weighted by atomic mass is 9.95. The van der Waals surface area contributed by atoms with E-state index in [9.17, 15) is 4.79 Å². The van der Waals surface area contributed by atoms with Crippen LogP contribution in [0, 0.1) is 0 Å². The van der Waals surface area contributed by atoms with Crippen molar-refractivity contribution < 1.29 is 4.79 Å². The Balaban J connectivity index is 1.81. The number of benzene rings is 2. The normalized spacial score (nSPS) is 15.7. The van der Waals surface area contributed by atoms with Gasteiger partial charge in [-0.1, -0.05) is 41.9 Å². The topological polar surface area (TPSA) is 29.1 Å². The maximum absolute atomic E-state index is 12.5. The molecule has 1 aliphatic carbocycles. The number of rotatable bonds is 3. The smallest absolute Gasteiger partial charge is 0.235 e. The summed E-state index contributed by atoms with van der Waals surface area (Å²) in [7, 11) is 0. The molecule has 3 rings (SSSR count). The fraction of sp³-hybridized carbons (Fsp3) is 0.188. The summed E-state index contributed by atoms with van der Waals surface area (Å²) in [6.07, 6.45) is 1.79. The first-order chi connectivity index (χ1) is 9.62. The minimum absolute atomic E-state index is 0.0436. The van der Waals surface area contributed by atoms with E-state index < -0.39 is 0 Å². The average Bonchev–Trinajstić information content (AvgIpc) is 3.26. The van der Waals surface area contributed by atoms with Crippen LogP contribution in [0.4, 0.5) is 5.69 Å². The summed E-state index contributed by atoms with van der Waals surface area (Å²) >= 11 is 9.39. The second kappa shape index (κ2) is 5.23. The van der Waals surface area contributed by atoms with Crippen LogP contribution in [-0.2, 0) is 10.2 Å². The molecule has 0 aliphatic heterocycles. The van der Waals surface area contributed by atoms with Crippen molar-refractivity contribution in [1.29, 1.82) is 0 Å². The van der Waals surface area contributed by atoms with E-state index in [1.165, 1.54) is 0 Å². The first kappa shape index (κ1) is 13.7. The molecule has 2 aromatic carbocycles. The van der Waals surface area contributed by atoms with Crippen molar-refractivity contribution in [2.45, 2.75) is 18.3 Å². The third kappa shape index (κ3) is 2.48. The van der Waals surface area contributed by atoms with Crippen molar-refractivity contribution in [3.63, 3.8) is 0 Å². The molecule has 20 heavy (non-hydrogen) atoms. The van der Waals surface area contributed by atoms with Crippen LogP contribution in [0.15, 0.2) is 53.0 Å². The summed E-state index contributed by atoms with van der Waals surface area (Å²) in [5.41, 5.74) is 1.45. The molecule has 1 fully saturated rings. The predicted molar refractivity (Wildman–Crippen MR) is 85.1 cm³/mol. The minimum Gasteiger partial charge on any atom is -0.325 e. The van der Waals surface area contributed by atoms with Crippen molar-refractivity contribution in [3.05, 3.63) is 63.6 Å². The molecule has 0 saturated heterocycles. The van der Waals surface area contributed by atoms with Gasteiger partial charge in [-0.25, -0.2) is 0 Å². The molecule has 2 aromatic rings. The first-order valence-corrected chi connectivity index (χ1v) is 7.61. The van der Waals surface area contributed by atoms with Gasteiger partial charge in [0.05, 0.1) is 10.4 Å². The number of nitrogens with one attached hydrogen (secondary N) is 1. The van der Waals surface area contributed by atoms with E-state index in [1.807, 2.05) is 42.5 Å². The number of anilines is 1. The molecule has 0 unspecified atom stereocenters. The van der Waals surface area contributed by atoms with Crippen LogP contribution in [0.2, 0.25) is 5.02 Å². The SMILES string of the molecule is O=C(Nc1ccc(Br)c(Cl)c1)C1(c2ccccc2)CC1. The standard InChI is InChI=1S/C16H13BrClNO/c17-13-7-6-12(10-14(13)18)19-15(20)16(8-9-16)11-4-2-1-3-5-11/h1-7,10H,8-9H2,(H,19,20). The van der Waals surface area contributed by atoms with Crippen LogP contribution in [0.5, 0.6) is 0 Å². The van der Waals surface area contributed by atoms with E-state index >= 15 is 0 Å². The third-order valence-electron chi connectivity index (χ3n) is 3.69. The fourth-order valence-corrected chi connectivity index (χ4v) is 2.78. The Hall–Kier alpha value is -1.32. The van der Waals surface area contributed by atoms with Gasteiger partial charge in [-0.2, -0.15) is 0 Å². The zero-order valence-corrected chi connectivity index (χ0v) is 13.0. The second-order valence-electron chi connectivity index (χ2n) is 5.03. The lowest BCUT2D eigenvalue weighted by Gasteiger charge is -2.16. The molecule has 0 heterocycles. The van der Waals surface area contributed by atoms with Gasteiger partial charge < -0.3 is 5.32 Å². The summed E-state index contributed by atoms with van der Waals surface area (Å²) in [4.78, 5) is 12.5. The third-order valence-corrected chi connectivity index (χ3v) is 4.92. The van der Waals surface area contributed by atoms with Crippen LogP contribution in [-0.4, -0.2) is 5.91 Å². The molecule has 0 radical (unpaired) electrons. The number of carbonyl (C=O) groups is 1. The van der Waals surface area contributed by atoms with Gasteiger partial charge in [0.15, 0.2) is 0 Å². The largest absolute Gasteiger partial charge is 0.325 e. The van der Waals surface area contributed by atoms with E-state index in [4.69, 9.17) is 11.6 Å². The van der Waals surface area contributed by atoms with Crippen LogP contribution < -0.4 is 5.32 Å². The number of hydrogen-bond donors (Lipinski definition) is 1. The van der Waals surface area contributed by atoms with Gasteiger partial charge in [-0.3, -0.25) is 4.79 Å². The van der Waals surface area contributed by atoms with Gasteiger partial charge in [0.1, 0.15) is 0 Å². The molecule has 0 aromatic heterocycles. The molecular formula is C16H13BrClNO. The van der Waals surface area contributed by atoms with Crippen molar-refractivity contribution in [2.24, 2.45) is 0 Å². The Kier molecular flexibility index (Phi) is 3.57. The van der Waals surface area contributed by atoms with E-state index in [1.54, 1.807) is 6.07 Å². The number of hydrogen-bond acceptors (Lipinski definition) is 1. The Morgan fingerprint density at radius 3 is 2.45 bits per heavy atom. The molecule has 1 N–H and O–H groups in total. The zero-order valence-electron chi connectivity index (χ0n) is 10.7.